The maximum atomic E-state index is 13.1. The molecular formula is C23H25ClN4O4. The molecule has 0 aliphatic rings. The van der Waals surface area contributed by atoms with Crippen LogP contribution in [0.5, 0.6) is 5.75 Å². The van der Waals surface area contributed by atoms with Gasteiger partial charge in [0.2, 0.25) is 0 Å². The molecule has 0 atom stereocenters. The van der Waals surface area contributed by atoms with Crippen LogP contribution in [0, 0.1) is 0 Å². The van der Waals surface area contributed by atoms with Gasteiger partial charge >= 0.3 is 5.69 Å². The second kappa shape index (κ2) is 10.7. The van der Waals surface area contributed by atoms with Crippen molar-refractivity contribution in [2.45, 2.75) is 26.3 Å². The summed E-state index contributed by atoms with van der Waals surface area (Å²) in [7, 11) is 0. The fraction of sp³-hybridized carbons (Fsp3) is 0.261. The molecule has 3 aromatic rings. The number of carbonyl (C=O) groups excluding carboxylic acids is 1. The Morgan fingerprint density at radius 2 is 1.81 bits per heavy atom. The molecule has 1 aromatic heterocycles. The number of nitrogen functional groups attached to an aromatic ring is 1. The van der Waals surface area contributed by atoms with Crippen molar-refractivity contribution in [3.8, 4) is 5.75 Å². The van der Waals surface area contributed by atoms with Crippen molar-refractivity contribution in [3.05, 3.63) is 86.0 Å². The van der Waals surface area contributed by atoms with Gasteiger partial charge in [-0.1, -0.05) is 67.4 Å². The number of aromatic amines is 1. The Morgan fingerprint density at radius 3 is 2.50 bits per heavy atom. The Morgan fingerprint density at radius 1 is 1.12 bits per heavy atom. The fourth-order valence-electron chi connectivity index (χ4n) is 3.22. The number of carbonyl (C=O) groups is 1. The topological polar surface area (TPSA) is 110 Å². The molecule has 0 bridgehead atoms. The summed E-state index contributed by atoms with van der Waals surface area (Å²) in [6, 6.07) is 16.0. The van der Waals surface area contributed by atoms with E-state index in [0.717, 1.165) is 12.0 Å². The lowest BCUT2D eigenvalue weighted by atomic mass is 10.2. The van der Waals surface area contributed by atoms with Crippen molar-refractivity contribution in [2.24, 2.45) is 0 Å². The summed E-state index contributed by atoms with van der Waals surface area (Å²) in [5.74, 6) is -0.195. The molecule has 0 fully saturated rings. The van der Waals surface area contributed by atoms with E-state index >= 15 is 0 Å². The van der Waals surface area contributed by atoms with Gasteiger partial charge in [-0.3, -0.25) is 19.1 Å². The number of rotatable bonds is 9. The summed E-state index contributed by atoms with van der Waals surface area (Å²) in [4.78, 5) is 41.8. The van der Waals surface area contributed by atoms with Gasteiger partial charge in [0.1, 0.15) is 11.6 Å². The van der Waals surface area contributed by atoms with E-state index in [-0.39, 0.29) is 31.2 Å². The van der Waals surface area contributed by atoms with Crippen LogP contribution in [0.1, 0.15) is 25.3 Å². The third-order valence-corrected chi connectivity index (χ3v) is 5.20. The third kappa shape index (κ3) is 5.39. The summed E-state index contributed by atoms with van der Waals surface area (Å²) in [5, 5.41) is 0.370. The fourth-order valence-corrected chi connectivity index (χ4v) is 3.41. The average Bonchev–Trinajstić information content (AvgIpc) is 2.78. The summed E-state index contributed by atoms with van der Waals surface area (Å²) in [6.45, 7) is 2.02. The molecule has 0 unspecified atom stereocenters. The zero-order valence-corrected chi connectivity index (χ0v) is 18.5. The normalized spacial score (nSPS) is 10.7. The van der Waals surface area contributed by atoms with Gasteiger partial charge in [0.15, 0.2) is 12.3 Å². The maximum Gasteiger partial charge on any atom is 0.330 e. The number of amides is 1. The largest absolute Gasteiger partial charge is 0.482 e. The van der Waals surface area contributed by atoms with Crippen LogP contribution in [-0.2, 0) is 11.3 Å². The molecule has 0 saturated carbocycles. The number of anilines is 2. The van der Waals surface area contributed by atoms with E-state index in [4.69, 9.17) is 22.1 Å². The molecule has 2 aromatic carbocycles. The second-order valence-electron chi connectivity index (χ2n) is 7.18. The highest BCUT2D eigenvalue weighted by Crippen LogP contribution is 2.24. The first kappa shape index (κ1) is 23.1. The summed E-state index contributed by atoms with van der Waals surface area (Å²) in [6.07, 6.45) is 1.42. The van der Waals surface area contributed by atoms with Crippen LogP contribution in [0.25, 0.3) is 0 Å². The van der Waals surface area contributed by atoms with E-state index in [9.17, 15) is 14.4 Å². The Kier molecular flexibility index (Phi) is 7.72. The molecule has 0 aliphatic carbocycles. The van der Waals surface area contributed by atoms with Gasteiger partial charge in [0.05, 0.1) is 11.6 Å². The molecule has 32 heavy (non-hydrogen) atoms. The van der Waals surface area contributed by atoms with Crippen molar-refractivity contribution < 1.29 is 9.53 Å². The van der Waals surface area contributed by atoms with Crippen LogP contribution in [0.15, 0.2) is 64.2 Å². The predicted molar refractivity (Wildman–Crippen MR) is 125 cm³/mol. The molecule has 0 saturated heterocycles. The van der Waals surface area contributed by atoms with Crippen molar-refractivity contribution in [3.63, 3.8) is 0 Å². The van der Waals surface area contributed by atoms with Gasteiger partial charge < -0.3 is 15.4 Å². The van der Waals surface area contributed by atoms with Crippen molar-refractivity contribution in [1.82, 2.24) is 9.55 Å². The maximum absolute atomic E-state index is 13.1. The van der Waals surface area contributed by atoms with Crippen molar-refractivity contribution in [1.29, 1.82) is 0 Å². The Bertz CT molecular complexity index is 1190. The molecule has 0 spiro atoms. The molecule has 9 heteroatoms. The van der Waals surface area contributed by atoms with Gasteiger partial charge in [-0.05, 0) is 24.1 Å². The van der Waals surface area contributed by atoms with Crippen LogP contribution >= 0.6 is 11.6 Å². The standard InChI is InChI=1S/C23H25ClN4O4/c1-2-3-13-27(19(29)15-32-18-12-8-7-11-17(18)24)20-21(25)28(23(31)26-22(20)30)14-16-9-5-4-6-10-16/h4-12H,2-3,13-15,25H2,1H3,(H,26,30,31). The first-order chi connectivity index (χ1) is 15.4. The number of para-hydroxylation sites is 1. The quantitative estimate of drug-likeness (QED) is 0.514. The minimum Gasteiger partial charge on any atom is -0.482 e. The molecule has 1 amide bonds. The van der Waals surface area contributed by atoms with Gasteiger partial charge in [-0.25, -0.2) is 4.79 Å². The van der Waals surface area contributed by atoms with Crippen LogP contribution in [-0.4, -0.2) is 28.6 Å². The Hall–Kier alpha value is -3.52. The third-order valence-electron chi connectivity index (χ3n) is 4.89. The van der Waals surface area contributed by atoms with Gasteiger partial charge in [-0.15, -0.1) is 0 Å². The van der Waals surface area contributed by atoms with Gasteiger partial charge in [0.25, 0.3) is 11.5 Å². The number of unbranched alkanes of at least 4 members (excludes halogenated alkanes) is 1. The van der Waals surface area contributed by atoms with E-state index < -0.39 is 17.2 Å². The lowest BCUT2D eigenvalue weighted by Gasteiger charge is -2.24. The average molecular weight is 457 g/mol. The summed E-state index contributed by atoms with van der Waals surface area (Å²) in [5.41, 5.74) is 5.65. The molecule has 8 nitrogen and oxygen atoms in total. The first-order valence-electron chi connectivity index (χ1n) is 10.3. The molecule has 1 heterocycles. The second-order valence-corrected chi connectivity index (χ2v) is 7.59. The van der Waals surface area contributed by atoms with Gasteiger partial charge in [0, 0.05) is 6.54 Å². The lowest BCUT2D eigenvalue weighted by Crippen LogP contribution is -2.43. The number of H-pyrrole nitrogens is 1. The highest BCUT2D eigenvalue weighted by atomic mass is 35.5. The molecule has 3 rings (SSSR count). The zero-order chi connectivity index (χ0) is 23.1. The van der Waals surface area contributed by atoms with E-state index in [1.165, 1.54) is 9.47 Å². The molecule has 0 radical (unpaired) electrons. The van der Waals surface area contributed by atoms with E-state index in [2.05, 4.69) is 4.98 Å². The Labute approximate surface area is 190 Å². The van der Waals surface area contributed by atoms with Crippen molar-refractivity contribution in [2.75, 3.05) is 23.8 Å². The SMILES string of the molecule is CCCCN(C(=O)COc1ccccc1Cl)c1c(N)n(Cc2ccccc2)c(=O)[nH]c1=O. The van der Waals surface area contributed by atoms with E-state index in [1.54, 1.807) is 24.3 Å². The zero-order valence-electron chi connectivity index (χ0n) is 17.7. The molecule has 168 valence electrons. The minimum atomic E-state index is -0.723. The van der Waals surface area contributed by atoms with Crippen molar-refractivity contribution >= 4 is 29.0 Å². The van der Waals surface area contributed by atoms with Crippen LogP contribution < -0.4 is 26.6 Å². The number of nitrogens with zero attached hydrogens (tertiary/aromatic N) is 2. The monoisotopic (exact) mass is 456 g/mol. The highest BCUT2D eigenvalue weighted by Gasteiger charge is 2.24. The number of hydrogen-bond donors (Lipinski definition) is 2. The van der Waals surface area contributed by atoms with Gasteiger partial charge in [-0.2, -0.15) is 0 Å². The molecule has 0 aliphatic heterocycles. The number of nitrogens with two attached hydrogens (primary N) is 1. The van der Waals surface area contributed by atoms with Crippen LogP contribution in [0.2, 0.25) is 5.02 Å². The number of ether oxygens (including phenoxy) is 1. The van der Waals surface area contributed by atoms with Crippen LogP contribution in [0.3, 0.4) is 0 Å². The number of nitrogens with one attached hydrogen (secondary N) is 1. The van der Waals surface area contributed by atoms with Crippen LogP contribution in [0.4, 0.5) is 11.5 Å². The molecular weight excluding hydrogens is 432 g/mol. The summed E-state index contributed by atoms with van der Waals surface area (Å²) < 4.78 is 6.81. The number of hydrogen-bond acceptors (Lipinski definition) is 5. The number of benzene rings is 2. The van der Waals surface area contributed by atoms with E-state index in [1.807, 2.05) is 37.3 Å². The minimum absolute atomic E-state index is 0.0678. The van der Waals surface area contributed by atoms with E-state index in [0.29, 0.717) is 17.2 Å². The number of halogens is 1. The molecule has 3 N–H and O–H groups in total. The Balaban J connectivity index is 1.94. The highest BCUT2D eigenvalue weighted by molar-refractivity contribution is 6.32. The first-order valence-corrected chi connectivity index (χ1v) is 10.6. The lowest BCUT2D eigenvalue weighted by molar-refractivity contribution is -0.120. The smallest absolute Gasteiger partial charge is 0.330 e. The number of aromatic nitrogens is 2. The summed E-state index contributed by atoms with van der Waals surface area (Å²) >= 11 is 6.09. The predicted octanol–water partition coefficient (Wildman–Crippen LogP) is 3.03.